The van der Waals surface area contributed by atoms with Crippen molar-refractivity contribution in [1.82, 2.24) is 9.71 Å². The van der Waals surface area contributed by atoms with Crippen LogP contribution in [-0.4, -0.2) is 19.4 Å². The predicted molar refractivity (Wildman–Crippen MR) is 66.5 cm³/mol. The summed E-state index contributed by atoms with van der Waals surface area (Å²) in [5.41, 5.74) is 0.443. The van der Waals surface area contributed by atoms with Gasteiger partial charge in [-0.15, -0.1) is 0 Å². The second kappa shape index (κ2) is 5.00. The molecule has 0 saturated carbocycles. The van der Waals surface area contributed by atoms with Crippen molar-refractivity contribution in [2.24, 2.45) is 5.92 Å². The van der Waals surface area contributed by atoms with Crippen LogP contribution in [0.5, 0.6) is 0 Å². The number of hydrogen-bond donors (Lipinski definition) is 1. The largest absolute Gasteiger partial charge is 0.252 e. The molecular formula is C9H15ClN2O2S2. The van der Waals surface area contributed by atoms with Gasteiger partial charge in [0, 0.05) is 6.04 Å². The molecule has 1 N–H and O–H groups in total. The molecule has 92 valence electrons. The van der Waals surface area contributed by atoms with Gasteiger partial charge in [0.15, 0.2) is 8.68 Å². The number of aromatic nitrogens is 1. The molecule has 1 atom stereocenters. The molecule has 0 bridgehead atoms. The van der Waals surface area contributed by atoms with E-state index in [9.17, 15) is 8.42 Å². The first kappa shape index (κ1) is 13.9. The quantitative estimate of drug-likeness (QED) is 0.923. The van der Waals surface area contributed by atoms with Crippen LogP contribution in [0.4, 0.5) is 0 Å². The Morgan fingerprint density at radius 3 is 2.31 bits per heavy atom. The van der Waals surface area contributed by atoms with Crippen LogP contribution >= 0.6 is 22.9 Å². The van der Waals surface area contributed by atoms with Gasteiger partial charge in [-0.25, -0.2) is 18.1 Å². The molecule has 0 radical (unpaired) electrons. The summed E-state index contributed by atoms with van der Waals surface area (Å²) in [5, 5.41) is 0. The van der Waals surface area contributed by atoms with Crippen LogP contribution in [0, 0.1) is 12.8 Å². The summed E-state index contributed by atoms with van der Waals surface area (Å²) < 4.78 is 27.0. The monoisotopic (exact) mass is 282 g/mol. The molecule has 1 rings (SSSR count). The molecule has 4 nitrogen and oxygen atoms in total. The lowest BCUT2D eigenvalue weighted by Gasteiger charge is -2.16. The van der Waals surface area contributed by atoms with E-state index in [1.165, 1.54) is 0 Å². The summed E-state index contributed by atoms with van der Waals surface area (Å²) in [6, 6.07) is -0.120. The fourth-order valence-corrected chi connectivity index (χ4v) is 4.18. The number of nitrogens with zero attached hydrogens (tertiary/aromatic N) is 1. The Morgan fingerprint density at radius 2 is 1.94 bits per heavy atom. The minimum Gasteiger partial charge on any atom is -0.229 e. The molecule has 0 aliphatic carbocycles. The maximum atomic E-state index is 12.0. The highest BCUT2D eigenvalue weighted by Gasteiger charge is 2.24. The van der Waals surface area contributed by atoms with Gasteiger partial charge in [-0.1, -0.05) is 36.8 Å². The Kier molecular flexibility index (Phi) is 4.34. The first-order valence-corrected chi connectivity index (χ1v) is 7.57. The zero-order valence-electron chi connectivity index (χ0n) is 9.61. The van der Waals surface area contributed by atoms with E-state index in [0.717, 1.165) is 11.3 Å². The van der Waals surface area contributed by atoms with E-state index in [-0.39, 0.29) is 20.6 Å². The lowest BCUT2D eigenvalue weighted by atomic mass is 10.1. The summed E-state index contributed by atoms with van der Waals surface area (Å²) in [4.78, 5) is 3.89. The van der Waals surface area contributed by atoms with E-state index in [1.807, 2.05) is 20.8 Å². The van der Waals surface area contributed by atoms with Gasteiger partial charge in [0.1, 0.15) is 0 Å². The lowest BCUT2D eigenvalue weighted by Crippen LogP contribution is -2.35. The molecule has 0 aliphatic rings. The maximum Gasteiger partial charge on any atom is 0.252 e. The van der Waals surface area contributed by atoms with Crippen LogP contribution in [0.25, 0.3) is 0 Å². The highest BCUT2D eigenvalue weighted by molar-refractivity contribution is 7.91. The van der Waals surface area contributed by atoms with Crippen LogP contribution in [-0.2, 0) is 10.0 Å². The molecule has 1 unspecified atom stereocenters. The molecule has 0 aliphatic heterocycles. The number of rotatable bonds is 4. The standard InChI is InChI=1S/C9H15ClN2O2S2/c1-5(2)6(3)12-16(13,14)8-7(4)11-9(10)15-8/h5-6,12H,1-4H3. The minimum atomic E-state index is -3.49. The Morgan fingerprint density at radius 1 is 1.38 bits per heavy atom. The number of halogens is 1. The number of hydrogen-bond acceptors (Lipinski definition) is 4. The molecule has 1 heterocycles. The zero-order chi connectivity index (χ0) is 12.5. The van der Waals surface area contributed by atoms with E-state index in [4.69, 9.17) is 11.6 Å². The Bertz CT molecular complexity index is 468. The Labute approximate surface area is 105 Å². The van der Waals surface area contributed by atoms with Crippen LogP contribution in [0.1, 0.15) is 26.5 Å². The van der Waals surface area contributed by atoms with Crippen molar-refractivity contribution in [3.63, 3.8) is 0 Å². The molecule has 1 aromatic rings. The SMILES string of the molecule is Cc1nc(Cl)sc1S(=O)(=O)NC(C)C(C)C. The molecule has 0 spiro atoms. The third kappa shape index (κ3) is 3.16. The normalized spacial score (nSPS) is 14.4. The van der Waals surface area contributed by atoms with Crippen LogP contribution in [0.2, 0.25) is 4.47 Å². The first-order chi connectivity index (χ1) is 7.24. The number of aryl methyl sites for hydroxylation is 1. The molecule has 7 heteroatoms. The molecule has 16 heavy (non-hydrogen) atoms. The van der Waals surface area contributed by atoms with Crippen molar-refractivity contribution in [2.45, 2.75) is 37.9 Å². The predicted octanol–water partition coefficient (Wildman–Crippen LogP) is 2.43. The van der Waals surface area contributed by atoms with Crippen LogP contribution < -0.4 is 4.72 Å². The van der Waals surface area contributed by atoms with E-state index in [2.05, 4.69) is 9.71 Å². The second-order valence-corrected chi connectivity index (χ2v) is 7.48. The molecule has 1 aromatic heterocycles. The highest BCUT2D eigenvalue weighted by atomic mass is 35.5. The van der Waals surface area contributed by atoms with Crippen molar-refractivity contribution in [3.8, 4) is 0 Å². The topological polar surface area (TPSA) is 59.1 Å². The van der Waals surface area contributed by atoms with Gasteiger partial charge in [0.05, 0.1) is 5.69 Å². The Balaban J connectivity index is 2.99. The maximum absolute atomic E-state index is 12.0. The highest BCUT2D eigenvalue weighted by Crippen LogP contribution is 2.26. The van der Waals surface area contributed by atoms with Crippen LogP contribution in [0.3, 0.4) is 0 Å². The average molecular weight is 283 g/mol. The zero-order valence-corrected chi connectivity index (χ0v) is 12.0. The van der Waals surface area contributed by atoms with Gasteiger partial charge >= 0.3 is 0 Å². The molecular weight excluding hydrogens is 268 g/mol. The fourth-order valence-electron chi connectivity index (χ4n) is 1.03. The first-order valence-electron chi connectivity index (χ1n) is 4.89. The summed E-state index contributed by atoms with van der Waals surface area (Å²) in [6.45, 7) is 7.39. The summed E-state index contributed by atoms with van der Waals surface area (Å²) in [7, 11) is -3.49. The van der Waals surface area contributed by atoms with E-state index in [1.54, 1.807) is 6.92 Å². The van der Waals surface area contributed by atoms with Gasteiger partial charge in [-0.3, -0.25) is 0 Å². The average Bonchev–Trinajstić information content (AvgIpc) is 2.45. The van der Waals surface area contributed by atoms with Gasteiger partial charge in [0.2, 0.25) is 0 Å². The molecule has 0 fully saturated rings. The third-order valence-electron chi connectivity index (χ3n) is 2.31. The van der Waals surface area contributed by atoms with Gasteiger partial charge in [-0.05, 0) is 19.8 Å². The Hall–Kier alpha value is -0.170. The second-order valence-electron chi connectivity index (χ2n) is 3.99. The molecule has 0 aromatic carbocycles. The number of sulfonamides is 1. The van der Waals surface area contributed by atoms with E-state index >= 15 is 0 Å². The summed E-state index contributed by atoms with van der Waals surface area (Å²) in [6.07, 6.45) is 0. The third-order valence-corrected chi connectivity index (χ3v) is 5.74. The summed E-state index contributed by atoms with van der Waals surface area (Å²) in [5.74, 6) is 0.235. The number of nitrogens with one attached hydrogen (secondary N) is 1. The van der Waals surface area contributed by atoms with Crippen molar-refractivity contribution < 1.29 is 8.42 Å². The van der Waals surface area contributed by atoms with E-state index in [0.29, 0.717) is 5.69 Å². The lowest BCUT2D eigenvalue weighted by molar-refractivity contribution is 0.477. The fraction of sp³-hybridized carbons (Fsp3) is 0.667. The molecule has 0 amide bonds. The van der Waals surface area contributed by atoms with Crippen molar-refractivity contribution >= 4 is 33.0 Å². The van der Waals surface area contributed by atoms with Gasteiger partial charge in [-0.2, -0.15) is 0 Å². The van der Waals surface area contributed by atoms with Crippen molar-refractivity contribution in [2.75, 3.05) is 0 Å². The van der Waals surface area contributed by atoms with Crippen molar-refractivity contribution in [3.05, 3.63) is 10.2 Å². The number of thiazole rings is 1. The molecule has 0 saturated heterocycles. The summed E-state index contributed by atoms with van der Waals surface area (Å²) >= 11 is 6.66. The van der Waals surface area contributed by atoms with E-state index < -0.39 is 10.0 Å². The smallest absolute Gasteiger partial charge is 0.229 e. The minimum absolute atomic E-state index is 0.120. The van der Waals surface area contributed by atoms with Crippen molar-refractivity contribution in [1.29, 1.82) is 0 Å². The van der Waals surface area contributed by atoms with Gasteiger partial charge < -0.3 is 0 Å². The van der Waals surface area contributed by atoms with Crippen LogP contribution in [0.15, 0.2) is 4.21 Å². The van der Waals surface area contributed by atoms with Gasteiger partial charge in [0.25, 0.3) is 10.0 Å².